The summed E-state index contributed by atoms with van der Waals surface area (Å²) in [5.74, 6) is -1.10. The highest BCUT2D eigenvalue weighted by Gasteiger charge is 2.18. The number of aliphatic imine (C=N–C) groups is 1. The van der Waals surface area contributed by atoms with Crippen LogP contribution in [0.4, 0.5) is 14.5 Å². The van der Waals surface area contributed by atoms with E-state index in [1.807, 2.05) is 18.2 Å². The number of rotatable bonds is 5. The van der Waals surface area contributed by atoms with Gasteiger partial charge in [0, 0.05) is 32.3 Å². The lowest BCUT2D eigenvalue weighted by Gasteiger charge is -2.23. The molecule has 1 fully saturated rings. The van der Waals surface area contributed by atoms with E-state index in [0.29, 0.717) is 13.2 Å². The number of nitrogens with two attached hydrogens (primary N) is 1. The molecule has 0 bridgehead atoms. The number of anilines is 1. The SMILES string of the molecule is I.NC(=NCC1CN(Cc2ccccc2)CCCO1)Nc1cc(F)ccc1F. The molecule has 0 aliphatic carbocycles. The zero-order chi connectivity index (χ0) is 19.1. The highest BCUT2D eigenvalue weighted by molar-refractivity contribution is 14.0. The quantitative estimate of drug-likeness (QED) is 0.373. The Morgan fingerprint density at radius 3 is 2.79 bits per heavy atom. The smallest absolute Gasteiger partial charge is 0.193 e. The van der Waals surface area contributed by atoms with Crippen LogP contribution < -0.4 is 11.1 Å². The van der Waals surface area contributed by atoms with E-state index in [1.165, 1.54) is 5.56 Å². The molecule has 0 saturated carbocycles. The van der Waals surface area contributed by atoms with Gasteiger partial charge in [-0.15, -0.1) is 24.0 Å². The van der Waals surface area contributed by atoms with Crippen molar-refractivity contribution in [2.75, 3.05) is 31.6 Å². The molecule has 1 atom stereocenters. The Labute approximate surface area is 181 Å². The van der Waals surface area contributed by atoms with Gasteiger partial charge < -0.3 is 15.8 Å². The maximum atomic E-state index is 13.7. The largest absolute Gasteiger partial charge is 0.375 e. The summed E-state index contributed by atoms with van der Waals surface area (Å²) in [5, 5.41) is 2.60. The van der Waals surface area contributed by atoms with Crippen molar-refractivity contribution in [2.45, 2.75) is 19.1 Å². The van der Waals surface area contributed by atoms with Crippen molar-refractivity contribution in [2.24, 2.45) is 10.7 Å². The summed E-state index contributed by atoms with van der Waals surface area (Å²) >= 11 is 0. The molecule has 1 aliphatic rings. The van der Waals surface area contributed by atoms with E-state index < -0.39 is 11.6 Å². The van der Waals surface area contributed by atoms with Crippen LogP contribution in [0.5, 0.6) is 0 Å². The first-order chi connectivity index (χ1) is 13.1. The molecule has 2 aromatic rings. The fraction of sp³-hybridized carbons (Fsp3) is 0.350. The molecule has 0 spiro atoms. The van der Waals surface area contributed by atoms with E-state index >= 15 is 0 Å². The first-order valence-electron chi connectivity index (χ1n) is 9.00. The number of hydrogen-bond acceptors (Lipinski definition) is 3. The fourth-order valence-electron chi connectivity index (χ4n) is 3.04. The zero-order valence-electron chi connectivity index (χ0n) is 15.5. The van der Waals surface area contributed by atoms with Crippen LogP contribution in [0, 0.1) is 11.6 Å². The van der Waals surface area contributed by atoms with Crippen molar-refractivity contribution in [3.63, 3.8) is 0 Å². The summed E-state index contributed by atoms with van der Waals surface area (Å²) in [6, 6.07) is 13.4. The number of nitrogens with one attached hydrogen (secondary N) is 1. The molecule has 28 heavy (non-hydrogen) atoms. The molecule has 0 amide bonds. The summed E-state index contributed by atoms with van der Waals surface area (Å²) in [5.41, 5.74) is 7.04. The molecule has 152 valence electrons. The molecular weight excluding hydrogens is 477 g/mol. The third kappa shape index (κ3) is 6.99. The first kappa shape index (κ1) is 22.5. The predicted molar refractivity (Wildman–Crippen MR) is 118 cm³/mol. The molecule has 0 radical (unpaired) electrons. The van der Waals surface area contributed by atoms with Gasteiger partial charge in [0.05, 0.1) is 18.3 Å². The molecule has 1 heterocycles. The lowest BCUT2D eigenvalue weighted by atomic mass is 10.2. The van der Waals surface area contributed by atoms with Gasteiger partial charge in [0.15, 0.2) is 5.96 Å². The highest BCUT2D eigenvalue weighted by Crippen LogP contribution is 2.15. The minimum Gasteiger partial charge on any atom is -0.375 e. The van der Waals surface area contributed by atoms with Gasteiger partial charge in [-0.05, 0) is 24.1 Å². The lowest BCUT2D eigenvalue weighted by molar-refractivity contribution is 0.0600. The van der Waals surface area contributed by atoms with Crippen molar-refractivity contribution >= 4 is 35.6 Å². The number of halogens is 3. The Balaban J connectivity index is 0.00000280. The minimum absolute atomic E-state index is 0. The normalized spacial score (nSPS) is 18.2. The summed E-state index contributed by atoms with van der Waals surface area (Å²) in [6.45, 7) is 3.56. The fourth-order valence-corrected chi connectivity index (χ4v) is 3.04. The minimum atomic E-state index is -0.589. The van der Waals surface area contributed by atoms with E-state index in [4.69, 9.17) is 10.5 Å². The van der Waals surface area contributed by atoms with Crippen LogP contribution in [0.25, 0.3) is 0 Å². The van der Waals surface area contributed by atoms with Gasteiger partial charge >= 0.3 is 0 Å². The number of guanidine groups is 1. The van der Waals surface area contributed by atoms with Gasteiger partial charge in [-0.2, -0.15) is 0 Å². The molecule has 1 aliphatic heterocycles. The molecule has 3 rings (SSSR count). The van der Waals surface area contributed by atoms with Gasteiger partial charge in [0.25, 0.3) is 0 Å². The number of benzene rings is 2. The van der Waals surface area contributed by atoms with E-state index in [-0.39, 0.29) is 41.7 Å². The Hall–Kier alpha value is -1.78. The first-order valence-corrected chi connectivity index (χ1v) is 9.00. The average Bonchev–Trinajstić information content (AvgIpc) is 2.89. The van der Waals surface area contributed by atoms with Crippen molar-refractivity contribution in [1.82, 2.24) is 4.90 Å². The monoisotopic (exact) mass is 502 g/mol. The van der Waals surface area contributed by atoms with Gasteiger partial charge in [-0.25, -0.2) is 8.78 Å². The van der Waals surface area contributed by atoms with E-state index in [2.05, 4.69) is 27.3 Å². The Morgan fingerprint density at radius 2 is 2.00 bits per heavy atom. The van der Waals surface area contributed by atoms with Gasteiger partial charge in [0.1, 0.15) is 11.6 Å². The van der Waals surface area contributed by atoms with Crippen molar-refractivity contribution in [3.8, 4) is 0 Å². The van der Waals surface area contributed by atoms with Gasteiger partial charge in [-0.3, -0.25) is 9.89 Å². The summed E-state index contributed by atoms with van der Waals surface area (Å²) < 4.78 is 32.7. The van der Waals surface area contributed by atoms with Gasteiger partial charge in [0.2, 0.25) is 0 Å². The maximum absolute atomic E-state index is 13.7. The lowest BCUT2D eigenvalue weighted by Crippen LogP contribution is -2.34. The molecular formula is C20H25F2IN4O. The number of hydrogen-bond donors (Lipinski definition) is 2. The topological polar surface area (TPSA) is 62.9 Å². The zero-order valence-corrected chi connectivity index (χ0v) is 17.8. The third-order valence-corrected chi connectivity index (χ3v) is 4.34. The standard InChI is InChI=1S/C20H24F2N4O.HI/c21-16-7-8-18(22)19(11-16)25-20(23)24-12-17-14-26(9-4-10-27-17)13-15-5-2-1-3-6-15;/h1-3,5-8,11,17H,4,9-10,12-14H2,(H3,23,24,25);1H. The molecule has 2 aromatic carbocycles. The van der Waals surface area contributed by atoms with Crippen LogP contribution in [0.2, 0.25) is 0 Å². The van der Waals surface area contributed by atoms with E-state index in [1.54, 1.807) is 0 Å². The Kier molecular flexibility index (Phi) is 9.07. The van der Waals surface area contributed by atoms with Crippen LogP contribution >= 0.6 is 24.0 Å². The number of nitrogens with zero attached hydrogens (tertiary/aromatic N) is 2. The third-order valence-electron chi connectivity index (χ3n) is 4.34. The second kappa shape index (κ2) is 11.3. The summed E-state index contributed by atoms with van der Waals surface area (Å²) in [6.07, 6.45) is 0.851. The van der Waals surface area contributed by atoms with Crippen molar-refractivity contribution in [3.05, 3.63) is 65.7 Å². The Bertz CT molecular complexity index is 776. The summed E-state index contributed by atoms with van der Waals surface area (Å²) in [4.78, 5) is 6.57. The van der Waals surface area contributed by atoms with Crippen LogP contribution in [0.15, 0.2) is 53.5 Å². The highest BCUT2D eigenvalue weighted by atomic mass is 127. The van der Waals surface area contributed by atoms with Crippen LogP contribution in [-0.2, 0) is 11.3 Å². The van der Waals surface area contributed by atoms with Gasteiger partial charge in [-0.1, -0.05) is 30.3 Å². The average molecular weight is 502 g/mol. The molecule has 0 aromatic heterocycles. The molecule has 8 heteroatoms. The molecule has 3 N–H and O–H groups in total. The van der Waals surface area contributed by atoms with Crippen molar-refractivity contribution < 1.29 is 13.5 Å². The Morgan fingerprint density at radius 1 is 1.21 bits per heavy atom. The number of ether oxygens (including phenoxy) is 1. The van der Waals surface area contributed by atoms with E-state index in [9.17, 15) is 8.78 Å². The second-order valence-electron chi connectivity index (χ2n) is 6.54. The summed E-state index contributed by atoms with van der Waals surface area (Å²) in [7, 11) is 0. The van der Waals surface area contributed by atoms with Crippen LogP contribution in [-0.4, -0.2) is 43.2 Å². The predicted octanol–water partition coefficient (Wildman–Crippen LogP) is 3.60. The van der Waals surface area contributed by atoms with E-state index in [0.717, 1.165) is 44.3 Å². The molecule has 1 unspecified atom stereocenters. The molecule has 1 saturated heterocycles. The van der Waals surface area contributed by atoms with Crippen LogP contribution in [0.1, 0.15) is 12.0 Å². The molecule has 5 nitrogen and oxygen atoms in total. The van der Waals surface area contributed by atoms with Crippen molar-refractivity contribution in [1.29, 1.82) is 0 Å². The maximum Gasteiger partial charge on any atom is 0.193 e. The second-order valence-corrected chi connectivity index (χ2v) is 6.54. The van der Waals surface area contributed by atoms with Crippen LogP contribution in [0.3, 0.4) is 0 Å².